The van der Waals surface area contributed by atoms with Gasteiger partial charge in [0.1, 0.15) is 24.2 Å². The lowest BCUT2D eigenvalue weighted by atomic mass is 10.1. The molecule has 3 rings (SSSR count). The molecule has 0 aromatic heterocycles. The zero-order valence-electron chi connectivity index (χ0n) is 13.1. The molecule has 0 aliphatic carbocycles. The quantitative estimate of drug-likeness (QED) is 0.611. The topological polar surface area (TPSA) is 58.6 Å². The van der Waals surface area contributed by atoms with Gasteiger partial charge in [0.05, 0.1) is 14.9 Å². The molecule has 9 heteroatoms. The van der Waals surface area contributed by atoms with Crippen molar-refractivity contribution >= 4 is 56.9 Å². The Balaban J connectivity index is 1.88. The highest BCUT2D eigenvalue weighted by atomic mass is 79.9. The summed E-state index contributed by atoms with van der Waals surface area (Å²) in [5.74, 6) is -0.488. The Morgan fingerprint density at radius 2 is 2.19 bits per heavy atom. The number of hydrogen-bond donors (Lipinski definition) is 2. The Morgan fingerprint density at radius 3 is 2.85 bits per heavy atom. The Kier molecular flexibility index (Phi) is 6.35. The fourth-order valence-electron chi connectivity index (χ4n) is 2.54. The van der Waals surface area contributed by atoms with E-state index in [-0.39, 0.29) is 22.6 Å². The number of halogens is 4. The molecule has 4 nitrogen and oxygen atoms in total. The van der Waals surface area contributed by atoms with E-state index in [0.717, 1.165) is 0 Å². The lowest BCUT2D eigenvalue weighted by molar-refractivity contribution is -0.138. The van der Waals surface area contributed by atoms with Gasteiger partial charge in [0.25, 0.3) is 0 Å². The fraction of sp³-hybridized carbons (Fsp3) is 0.235. The van der Waals surface area contributed by atoms with Crippen LogP contribution >= 0.6 is 50.9 Å². The highest BCUT2D eigenvalue weighted by Gasteiger charge is 2.32. The van der Waals surface area contributed by atoms with Crippen molar-refractivity contribution in [1.29, 1.82) is 0 Å². The van der Waals surface area contributed by atoms with Gasteiger partial charge in [-0.15, -0.1) is 11.8 Å². The van der Waals surface area contributed by atoms with Crippen LogP contribution in [0.4, 0.5) is 4.39 Å². The summed E-state index contributed by atoms with van der Waals surface area (Å²) in [7, 11) is 0. The van der Waals surface area contributed by atoms with E-state index >= 15 is 0 Å². The minimum Gasteiger partial charge on any atom is -0.487 e. The van der Waals surface area contributed by atoms with Crippen LogP contribution in [0.3, 0.4) is 0 Å². The zero-order valence-corrected chi connectivity index (χ0v) is 17.1. The number of benzene rings is 2. The first kappa shape index (κ1) is 19.8. The van der Waals surface area contributed by atoms with Crippen molar-refractivity contribution in [2.75, 3.05) is 5.75 Å². The molecule has 1 fully saturated rings. The number of carboxylic acids is 1. The van der Waals surface area contributed by atoms with Crippen LogP contribution in [0.5, 0.6) is 5.75 Å². The normalized spacial score (nSPS) is 19.5. The predicted molar refractivity (Wildman–Crippen MR) is 105 cm³/mol. The summed E-state index contributed by atoms with van der Waals surface area (Å²) in [5, 5.41) is 12.6. The van der Waals surface area contributed by atoms with E-state index in [1.165, 1.54) is 23.9 Å². The minimum absolute atomic E-state index is 0.0709. The monoisotopic (exact) mass is 479 g/mol. The summed E-state index contributed by atoms with van der Waals surface area (Å²) in [6, 6.07) is 7.14. The van der Waals surface area contributed by atoms with Gasteiger partial charge in [0.15, 0.2) is 0 Å². The second kappa shape index (κ2) is 8.35. The highest BCUT2D eigenvalue weighted by Crippen LogP contribution is 2.43. The molecule has 26 heavy (non-hydrogen) atoms. The molecule has 0 radical (unpaired) electrons. The van der Waals surface area contributed by atoms with Crippen LogP contribution < -0.4 is 10.1 Å². The number of nitrogens with one attached hydrogen (secondary N) is 1. The fourth-order valence-corrected chi connectivity index (χ4v) is 4.94. The lowest BCUT2D eigenvalue weighted by Crippen LogP contribution is -2.33. The third kappa shape index (κ3) is 4.28. The molecule has 0 saturated carbocycles. The Bertz CT molecular complexity index is 835. The summed E-state index contributed by atoms with van der Waals surface area (Å²) in [5.41, 5.74) is 0.933. The van der Waals surface area contributed by atoms with E-state index in [9.17, 15) is 14.3 Å². The summed E-state index contributed by atoms with van der Waals surface area (Å²) < 4.78 is 20.4. The molecule has 2 aromatic carbocycles. The van der Waals surface area contributed by atoms with Gasteiger partial charge in [-0.25, -0.2) is 4.39 Å². The molecule has 138 valence electrons. The summed E-state index contributed by atoms with van der Waals surface area (Å²) in [4.78, 5) is 11.2. The molecule has 2 N–H and O–H groups in total. The molecule has 2 aromatic rings. The van der Waals surface area contributed by atoms with E-state index in [1.54, 1.807) is 18.2 Å². The zero-order chi connectivity index (χ0) is 18.8. The van der Waals surface area contributed by atoms with Crippen LogP contribution in [0.15, 0.2) is 34.8 Å². The third-order valence-electron chi connectivity index (χ3n) is 3.82. The number of aliphatic carboxylic acids is 1. The van der Waals surface area contributed by atoms with E-state index < -0.39 is 17.8 Å². The molecule has 2 atom stereocenters. The van der Waals surface area contributed by atoms with E-state index in [1.807, 2.05) is 0 Å². The van der Waals surface area contributed by atoms with Crippen LogP contribution in [-0.4, -0.2) is 22.9 Å². The second-order valence-electron chi connectivity index (χ2n) is 5.57. The Labute approximate surface area is 172 Å². The SMILES string of the molecule is O=C(O)C1CSC(c2cc(Cl)cc(Br)c2OCc2c(F)cccc2Cl)N1. The lowest BCUT2D eigenvalue weighted by Gasteiger charge is -2.19. The van der Waals surface area contributed by atoms with Gasteiger partial charge in [-0.3, -0.25) is 10.1 Å². The van der Waals surface area contributed by atoms with Crippen LogP contribution in [0.1, 0.15) is 16.5 Å². The number of ether oxygens (including phenoxy) is 1. The van der Waals surface area contributed by atoms with Crippen molar-refractivity contribution in [3.8, 4) is 5.75 Å². The molecule has 0 spiro atoms. The number of hydrogen-bond acceptors (Lipinski definition) is 4. The van der Waals surface area contributed by atoms with Gasteiger partial charge in [-0.05, 0) is 40.2 Å². The first-order valence-electron chi connectivity index (χ1n) is 7.52. The molecule has 1 heterocycles. The average molecular weight is 481 g/mol. The molecule has 0 bridgehead atoms. The maximum Gasteiger partial charge on any atom is 0.321 e. The third-order valence-corrected chi connectivity index (χ3v) is 6.23. The van der Waals surface area contributed by atoms with Crippen LogP contribution in [0.25, 0.3) is 0 Å². The molecule has 1 aliphatic rings. The number of carboxylic acid groups (broad SMARTS) is 1. The van der Waals surface area contributed by atoms with Crippen molar-refractivity contribution in [1.82, 2.24) is 5.32 Å². The largest absolute Gasteiger partial charge is 0.487 e. The number of rotatable bonds is 5. The molecule has 1 saturated heterocycles. The van der Waals surface area contributed by atoms with E-state index in [4.69, 9.17) is 27.9 Å². The molecule has 1 aliphatic heterocycles. The van der Waals surface area contributed by atoms with Gasteiger partial charge >= 0.3 is 5.97 Å². The first-order valence-corrected chi connectivity index (χ1v) is 10.1. The van der Waals surface area contributed by atoms with Crippen LogP contribution in [0, 0.1) is 5.82 Å². The Morgan fingerprint density at radius 1 is 1.42 bits per heavy atom. The van der Waals surface area contributed by atoms with Crippen molar-refractivity contribution in [3.05, 3.63) is 61.8 Å². The predicted octanol–water partition coefficient (Wildman–Crippen LogP) is 5.26. The Hall–Kier alpha value is -0.990. The standard InChI is InChI=1S/C17H13BrCl2FNO3S/c18-11-5-8(19)4-9(16-22-14(7-26-16)17(23)24)15(11)25-6-10-12(20)2-1-3-13(10)21/h1-5,14,16,22H,6-7H2,(H,23,24). The first-order chi connectivity index (χ1) is 12.4. The minimum atomic E-state index is -0.915. The van der Waals surface area contributed by atoms with Gasteiger partial charge in [0, 0.05) is 21.9 Å². The number of thioether (sulfide) groups is 1. The van der Waals surface area contributed by atoms with Crippen molar-refractivity contribution in [2.45, 2.75) is 18.0 Å². The average Bonchev–Trinajstić information content (AvgIpc) is 3.05. The van der Waals surface area contributed by atoms with Crippen LogP contribution in [0.2, 0.25) is 10.0 Å². The van der Waals surface area contributed by atoms with Gasteiger partial charge in [0.2, 0.25) is 0 Å². The molecule has 2 unspecified atom stereocenters. The summed E-state index contributed by atoms with van der Waals surface area (Å²) >= 11 is 17.0. The maximum absolute atomic E-state index is 14.0. The van der Waals surface area contributed by atoms with Crippen molar-refractivity contribution in [2.24, 2.45) is 0 Å². The van der Waals surface area contributed by atoms with Crippen molar-refractivity contribution in [3.63, 3.8) is 0 Å². The van der Waals surface area contributed by atoms with Gasteiger partial charge in [-0.2, -0.15) is 0 Å². The molecular formula is C17H13BrCl2FNO3S. The maximum atomic E-state index is 14.0. The molecule has 0 amide bonds. The van der Waals surface area contributed by atoms with Crippen LogP contribution in [-0.2, 0) is 11.4 Å². The number of carbonyl (C=O) groups is 1. The molecular weight excluding hydrogens is 468 g/mol. The summed E-state index contributed by atoms with van der Waals surface area (Å²) in [6.45, 7) is -0.0709. The van der Waals surface area contributed by atoms with Gasteiger partial charge in [-0.1, -0.05) is 29.3 Å². The van der Waals surface area contributed by atoms with Gasteiger partial charge < -0.3 is 9.84 Å². The van der Waals surface area contributed by atoms with E-state index in [2.05, 4.69) is 21.2 Å². The van der Waals surface area contributed by atoms with E-state index in [0.29, 0.717) is 26.6 Å². The highest BCUT2D eigenvalue weighted by molar-refractivity contribution is 9.10. The summed E-state index contributed by atoms with van der Waals surface area (Å²) in [6.07, 6.45) is 0. The second-order valence-corrected chi connectivity index (χ2v) is 8.40. The smallest absolute Gasteiger partial charge is 0.321 e. The van der Waals surface area contributed by atoms with Crippen molar-refractivity contribution < 1.29 is 19.0 Å².